The number of ketones is 1. The number of hydrogen-bond donors (Lipinski definition) is 0. The summed E-state index contributed by atoms with van der Waals surface area (Å²) in [6.07, 6.45) is 1.68. The van der Waals surface area contributed by atoms with Crippen molar-refractivity contribution < 1.29 is 23.9 Å². The van der Waals surface area contributed by atoms with Gasteiger partial charge in [-0.05, 0) is 55.8 Å². The first-order valence-electron chi connectivity index (χ1n) is 10.6. The minimum atomic E-state index is -0.730. The van der Waals surface area contributed by atoms with Crippen LogP contribution in [0.4, 0.5) is 5.69 Å². The number of anilines is 1. The molecule has 0 aliphatic carbocycles. The maximum Gasteiger partial charge on any atom is 0.239 e. The number of carbonyl (C=O) groups excluding carboxylic acids is 3. The molecule has 2 aromatic rings. The second-order valence-electron chi connectivity index (χ2n) is 8.36. The molecule has 0 saturated carbocycles. The standard InChI is InChI=1S/C24H23ClN2O5/c1-31-15-9-10-18(32-2)17(12-15)27-23(29)19-16-4-3-11-26(16)21(20(19)24(27)30)22(28)13-5-7-14(25)8-6-13/h5-10,12,16,19-21H,3-4,11H2,1-2H3/t16-,19-,20+,21+/m1/s1. The molecule has 3 saturated heterocycles. The minimum absolute atomic E-state index is 0.126. The lowest BCUT2D eigenvalue weighted by Gasteiger charge is -2.28. The highest BCUT2D eigenvalue weighted by atomic mass is 35.5. The van der Waals surface area contributed by atoms with E-state index >= 15 is 0 Å². The largest absolute Gasteiger partial charge is 0.497 e. The van der Waals surface area contributed by atoms with Gasteiger partial charge >= 0.3 is 0 Å². The summed E-state index contributed by atoms with van der Waals surface area (Å²) in [4.78, 5) is 44.1. The fourth-order valence-electron chi connectivity index (χ4n) is 5.51. The van der Waals surface area contributed by atoms with Crippen molar-refractivity contribution in [1.82, 2.24) is 4.90 Å². The number of fused-ring (bicyclic) bond motifs is 3. The van der Waals surface area contributed by atoms with Gasteiger partial charge in [-0.15, -0.1) is 0 Å². The molecule has 2 amide bonds. The molecule has 166 valence electrons. The zero-order valence-corrected chi connectivity index (χ0v) is 18.5. The van der Waals surface area contributed by atoms with Gasteiger partial charge in [0.05, 0.1) is 37.8 Å². The molecule has 32 heavy (non-hydrogen) atoms. The summed E-state index contributed by atoms with van der Waals surface area (Å²) in [5, 5.41) is 0.535. The van der Waals surface area contributed by atoms with Crippen LogP contribution in [0.5, 0.6) is 11.5 Å². The Morgan fingerprint density at radius 2 is 1.72 bits per heavy atom. The van der Waals surface area contributed by atoms with E-state index in [4.69, 9.17) is 21.1 Å². The van der Waals surface area contributed by atoms with Crippen LogP contribution in [0.1, 0.15) is 23.2 Å². The molecule has 3 fully saturated rings. The maximum absolute atomic E-state index is 13.7. The predicted octanol–water partition coefficient (Wildman–Crippen LogP) is 3.19. The van der Waals surface area contributed by atoms with Gasteiger partial charge < -0.3 is 9.47 Å². The van der Waals surface area contributed by atoms with E-state index < -0.39 is 17.9 Å². The van der Waals surface area contributed by atoms with E-state index in [9.17, 15) is 14.4 Å². The molecule has 0 radical (unpaired) electrons. The number of imide groups is 1. The summed E-state index contributed by atoms with van der Waals surface area (Å²) < 4.78 is 10.7. The van der Waals surface area contributed by atoms with Gasteiger partial charge in [0.1, 0.15) is 11.5 Å². The van der Waals surface area contributed by atoms with Crippen molar-refractivity contribution >= 4 is 34.9 Å². The van der Waals surface area contributed by atoms with Crippen LogP contribution in [0.25, 0.3) is 0 Å². The van der Waals surface area contributed by atoms with Gasteiger partial charge in [0.15, 0.2) is 5.78 Å². The van der Waals surface area contributed by atoms with Crippen molar-refractivity contribution in [3.05, 3.63) is 53.1 Å². The van der Waals surface area contributed by atoms with E-state index in [1.54, 1.807) is 42.5 Å². The van der Waals surface area contributed by atoms with Crippen LogP contribution in [-0.4, -0.2) is 55.3 Å². The van der Waals surface area contributed by atoms with Gasteiger partial charge in [-0.25, -0.2) is 4.90 Å². The Balaban J connectivity index is 1.57. The number of benzene rings is 2. The maximum atomic E-state index is 13.7. The first-order chi connectivity index (χ1) is 15.5. The van der Waals surface area contributed by atoms with Gasteiger partial charge in [-0.2, -0.15) is 0 Å². The number of rotatable bonds is 5. The topological polar surface area (TPSA) is 76.1 Å². The molecule has 0 N–H and O–H groups in total. The van der Waals surface area contributed by atoms with Crippen LogP contribution < -0.4 is 14.4 Å². The van der Waals surface area contributed by atoms with Crippen LogP contribution in [0.15, 0.2) is 42.5 Å². The third-order valence-electron chi connectivity index (χ3n) is 6.88. The second-order valence-corrected chi connectivity index (χ2v) is 8.80. The lowest BCUT2D eigenvalue weighted by molar-refractivity contribution is -0.123. The zero-order chi connectivity index (χ0) is 22.6. The number of nitrogens with zero attached hydrogens (tertiary/aromatic N) is 2. The van der Waals surface area contributed by atoms with Gasteiger partial charge in [0, 0.05) is 22.7 Å². The Morgan fingerprint density at radius 1 is 1.00 bits per heavy atom. The fourth-order valence-corrected chi connectivity index (χ4v) is 5.64. The molecule has 3 aliphatic rings. The molecule has 0 aromatic heterocycles. The average molecular weight is 455 g/mol. The minimum Gasteiger partial charge on any atom is -0.497 e. The first-order valence-corrected chi connectivity index (χ1v) is 11.0. The highest BCUT2D eigenvalue weighted by Crippen LogP contribution is 2.50. The molecule has 3 heterocycles. The molecule has 8 heteroatoms. The lowest BCUT2D eigenvalue weighted by atomic mass is 9.85. The molecule has 3 aliphatic heterocycles. The lowest BCUT2D eigenvalue weighted by Crippen LogP contribution is -2.46. The fraction of sp³-hybridized carbons (Fsp3) is 0.375. The summed E-state index contributed by atoms with van der Waals surface area (Å²) in [6, 6.07) is 10.9. The molecule has 7 nitrogen and oxygen atoms in total. The SMILES string of the molecule is COc1ccc(OC)c(N2C(=O)[C@H]3[C@H](C2=O)[C@@H](C(=O)c2ccc(Cl)cc2)N2CCC[C@H]32)c1. The summed E-state index contributed by atoms with van der Waals surface area (Å²) in [6.45, 7) is 0.699. The van der Waals surface area contributed by atoms with Crippen molar-refractivity contribution in [3.8, 4) is 11.5 Å². The van der Waals surface area contributed by atoms with Gasteiger partial charge in [0.25, 0.3) is 0 Å². The van der Waals surface area contributed by atoms with Gasteiger partial charge in [0.2, 0.25) is 11.8 Å². The van der Waals surface area contributed by atoms with Crippen molar-refractivity contribution in [3.63, 3.8) is 0 Å². The zero-order valence-electron chi connectivity index (χ0n) is 17.8. The number of methoxy groups -OCH3 is 2. The number of carbonyl (C=O) groups is 3. The number of halogens is 1. The Labute approximate surface area is 190 Å². The number of Topliss-reactive ketones (excluding diaryl/α,β-unsaturated/α-hetero) is 1. The Kier molecular flexibility index (Phi) is 5.18. The Hall–Kier alpha value is -2.90. The van der Waals surface area contributed by atoms with Crippen molar-refractivity contribution in [2.45, 2.75) is 24.9 Å². The molecule has 5 rings (SSSR count). The molecule has 2 aromatic carbocycles. The molecular weight excluding hydrogens is 432 g/mol. The Morgan fingerprint density at radius 3 is 2.41 bits per heavy atom. The quantitative estimate of drug-likeness (QED) is 0.510. The van der Waals surface area contributed by atoms with Crippen LogP contribution in [0.2, 0.25) is 5.02 Å². The van der Waals surface area contributed by atoms with E-state index in [1.165, 1.54) is 19.1 Å². The van der Waals surface area contributed by atoms with E-state index in [-0.39, 0.29) is 23.6 Å². The highest BCUT2D eigenvalue weighted by molar-refractivity contribution is 6.30. The molecular formula is C24H23ClN2O5. The molecule has 0 bridgehead atoms. The van der Waals surface area contributed by atoms with E-state index in [0.717, 1.165) is 12.8 Å². The Bertz CT molecular complexity index is 1100. The van der Waals surface area contributed by atoms with E-state index in [2.05, 4.69) is 4.90 Å². The van der Waals surface area contributed by atoms with Gasteiger partial charge in [-0.3, -0.25) is 19.3 Å². The van der Waals surface area contributed by atoms with E-state index in [1.807, 2.05) is 0 Å². The van der Waals surface area contributed by atoms with E-state index in [0.29, 0.717) is 34.3 Å². The summed E-state index contributed by atoms with van der Waals surface area (Å²) >= 11 is 5.99. The number of amides is 2. The van der Waals surface area contributed by atoms with Crippen LogP contribution >= 0.6 is 11.6 Å². The van der Waals surface area contributed by atoms with Crippen LogP contribution in [-0.2, 0) is 9.59 Å². The predicted molar refractivity (Wildman–Crippen MR) is 118 cm³/mol. The summed E-state index contributed by atoms with van der Waals surface area (Å²) in [7, 11) is 3.01. The third-order valence-corrected chi connectivity index (χ3v) is 7.13. The number of ether oxygens (including phenoxy) is 2. The number of hydrogen-bond acceptors (Lipinski definition) is 6. The van der Waals surface area contributed by atoms with Crippen molar-refractivity contribution in [1.29, 1.82) is 0 Å². The van der Waals surface area contributed by atoms with Gasteiger partial charge in [-0.1, -0.05) is 11.6 Å². The average Bonchev–Trinajstić information content (AvgIpc) is 3.45. The molecule has 4 atom stereocenters. The highest BCUT2D eigenvalue weighted by Gasteiger charge is 2.65. The van der Waals surface area contributed by atoms with Crippen molar-refractivity contribution in [2.24, 2.45) is 11.8 Å². The first kappa shape index (κ1) is 21.0. The summed E-state index contributed by atoms with van der Waals surface area (Å²) in [5.41, 5.74) is 0.835. The summed E-state index contributed by atoms with van der Waals surface area (Å²) in [5.74, 6) is -1.18. The van der Waals surface area contributed by atoms with Crippen molar-refractivity contribution in [2.75, 3.05) is 25.7 Å². The monoisotopic (exact) mass is 454 g/mol. The normalized spacial score (nSPS) is 26.9. The third kappa shape index (κ3) is 3.03. The smallest absolute Gasteiger partial charge is 0.239 e. The van der Waals surface area contributed by atoms with Crippen LogP contribution in [0, 0.1) is 11.8 Å². The second kappa shape index (κ2) is 7.90. The van der Waals surface area contributed by atoms with Crippen LogP contribution in [0.3, 0.4) is 0 Å². The molecule has 0 unspecified atom stereocenters. The molecule has 0 spiro atoms.